The minimum Gasteiger partial charge on any atom is -0.304 e. The Morgan fingerprint density at radius 1 is 1.41 bits per heavy atom. The van der Waals surface area contributed by atoms with Crippen molar-refractivity contribution in [1.82, 2.24) is 5.32 Å². The topological polar surface area (TPSA) is 41.5 Å². The molecule has 1 atom stereocenters. The Balaban J connectivity index is 2.21. The van der Waals surface area contributed by atoms with Crippen molar-refractivity contribution in [2.24, 2.45) is 10.9 Å². The highest BCUT2D eigenvalue weighted by molar-refractivity contribution is 8.15. The van der Waals surface area contributed by atoms with Gasteiger partial charge in [0, 0.05) is 0 Å². The fraction of sp³-hybridized carbons (Fsp3) is 0.333. The van der Waals surface area contributed by atoms with Crippen LogP contribution in [-0.2, 0) is 4.79 Å². The molecule has 0 saturated carbocycles. The molecule has 1 aromatic carbocycles. The van der Waals surface area contributed by atoms with Gasteiger partial charge in [-0.2, -0.15) is 0 Å². The molecule has 0 aliphatic carbocycles. The van der Waals surface area contributed by atoms with Crippen LogP contribution in [0.2, 0.25) is 0 Å². The van der Waals surface area contributed by atoms with E-state index in [1.807, 2.05) is 13.8 Å². The van der Waals surface area contributed by atoms with E-state index in [2.05, 4.69) is 10.3 Å². The molecule has 17 heavy (non-hydrogen) atoms. The molecular weight excluding hydrogens is 239 g/mol. The Hall–Kier alpha value is -1.36. The second kappa shape index (κ2) is 4.87. The van der Waals surface area contributed by atoms with Crippen molar-refractivity contribution in [3.05, 3.63) is 30.1 Å². The fourth-order valence-corrected chi connectivity index (χ4v) is 2.51. The average molecular weight is 252 g/mol. The summed E-state index contributed by atoms with van der Waals surface area (Å²) in [6, 6.07) is 6.25. The molecule has 1 saturated heterocycles. The summed E-state index contributed by atoms with van der Waals surface area (Å²) in [4.78, 5) is 15.7. The van der Waals surface area contributed by atoms with E-state index in [1.54, 1.807) is 18.2 Å². The van der Waals surface area contributed by atoms with Crippen molar-refractivity contribution in [2.45, 2.75) is 19.1 Å². The van der Waals surface area contributed by atoms with Gasteiger partial charge in [-0.15, -0.1) is 0 Å². The van der Waals surface area contributed by atoms with Gasteiger partial charge >= 0.3 is 0 Å². The number of amides is 1. The van der Waals surface area contributed by atoms with Gasteiger partial charge in [0.25, 0.3) is 0 Å². The van der Waals surface area contributed by atoms with Crippen LogP contribution in [0.15, 0.2) is 29.3 Å². The van der Waals surface area contributed by atoms with Crippen LogP contribution in [0.25, 0.3) is 0 Å². The van der Waals surface area contributed by atoms with Crippen molar-refractivity contribution in [3.63, 3.8) is 0 Å². The van der Waals surface area contributed by atoms with Crippen molar-refractivity contribution in [1.29, 1.82) is 0 Å². The fourth-order valence-electron chi connectivity index (χ4n) is 1.52. The number of nitrogens with zero attached hydrogens (tertiary/aromatic N) is 1. The van der Waals surface area contributed by atoms with Crippen molar-refractivity contribution >= 4 is 28.5 Å². The summed E-state index contributed by atoms with van der Waals surface area (Å²) in [5.41, 5.74) is 0.250. The number of para-hydroxylation sites is 1. The zero-order valence-electron chi connectivity index (χ0n) is 9.61. The number of halogens is 1. The first-order valence-corrected chi connectivity index (χ1v) is 6.26. The number of carbonyl (C=O) groups is 1. The Labute approximate surface area is 104 Å². The van der Waals surface area contributed by atoms with Crippen molar-refractivity contribution in [2.75, 3.05) is 0 Å². The first-order chi connectivity index (χ1) is 8.08. The van der Waals surface area contributed by atoms with E-state index in [1.165, 1.54) is 17.8 Å². The van der Waals surface area contributed by atoms with Gasteiger partial charge in [-0.1, -0.05) is 37.7 Å². The molecule has 1 aliphatic heterocycles. The number of amidine groups is 1. The van der Waals surface area contributed by atoms with Crippen molar-refractivity contribution < 1.29 is 9.18 Å². The molecule has 1 fully saturated rings. The van der Waals surface area contributed by atoms with Gasteiger partial charge in [0.2, 0.25) is 5.91 Å². The molecule has 5 heteroatoms. The van der Waals surface area contributed by atoms with Crippen LogP contribution in [0.4, 0.5) is 10.1 Å². The van der Waals surface area contributed by atoms with E-state index >= 15 is 0 Å². The molecule has 1 amide bonds. The number of rotatable bonds is 2. The van der Waals surface area contributed by atoms with Gasteiger partial charge in [-0.3, -0.25) is 4.79 Å². The SMILES string of the molecule is CC(C)[C@@H]1SC(=Nc2ccccc2F)NC1=O. The van der Waals surface area contributed by atoms with Crippen LogP contribution in [0.5, 0.6) is 0 Å². The molecule has 3 nitrogen and oxygen atoms in total. The van der Waals surface area contributed by atoms with Crippen LogP contribution >= 0.6 is 11.8 Å². The third-order valence-corrected chi connectivity index (χ3v) is 3.84. The summed E-state index contributed by atoms with van der Waals surface area (Å²) in [5.74, 6) is -0.212. The van der Waals surface area contributed by atoms with Crippen LogP contribution in [0.3, 0.4) is 0 Å². The molecule has 1 heterocycles. The van der Waals surface area contributed by atoms with Crippen LogP contribution < -0.4 is 5.32 Å². The third-order valence-electron chi connectivity index (χ3n) is 2.41. The molecule has 0 spiro atoms. The highest BCUT2D eigenvalue weighted by Gasteiger charge is 2.32. The summed E-state index contributed by atoms with van der Waals surface area (Å²) in [7, 11) is 0. The summed E-state index contributed by atoms with van der Waals surface area (Å²) >= 11 is 1.35. The first-order valence-electron chi connectivity index (χ1n) is 5.38. The number of carbonyl (C=O) groups excluding carboxylic acids is 1. The molecule has 0 aromatic heterocycles. The molecule has 1 aromatic rings. The number of hydrogen-bond donors (Lipinski definition) is 1. The van der Waals surface area contributed by atoms with Gasteiger partial charge < -0.3 is 5.32 Å². The second-order valence-electron chi connectivity index (χ2n) is 4.14. The molecule has 90 valence electrons. The van der Waals surface area contributed by atoms with E-state index in [-0.39, 0.29) is 28.6 Å². The molecule has 0 bridgehead atoms. The summed E-state index contributed by atoms with van der Waals surface area (Å²) < 4.78 is 13.4. The van der Waals surface area contributed by atoms with E-state index in [4.69, 9.17) is 0 Å². The minimum absolute atomic E-state index is 0.0555. The number of hydrogen-bond acceptors (Lipinski definition) is 3. The van der Waals surface area contributed by atoms with E-state index in [0.29, 0.717) is 5.17 Å². The van der Waals surface area contributed by atoms with Gasteiger partial charge in [-0.25, -0.2) is 9.38 Å². The first kappa shape index (κ1) is 12.1. The monoisotopic (exact) mass is 252 g/mol. The number of nitrogens with one attached hydrogen (secondary N) is 1. The number of thioether (sulfide) groups is 1. The largest absolute Gasteiger partial charge is 0.304 e. The lowest BCUT2D eigenvalue weighted by Gasteiger charge is -2.07. The lowest BCUT2D eigenvalue weighted by molar-refractivity contribution is -0.119. The highest BCUT2D eigenvalue weighted by atomic mass is 32.2. The maximum Gasteiger partial charge on any atom is 0.239 e. The smallest absolute Gasteiger partial charge is 0.239 e. The minimum atomic E-state index is -0.386. The predicted molar refractivity (Wildman–Crippen MR) is 67.9 cm³/mol. The van der Waals surface area contributed by atoms with Gasteiger partial charge in [0.1, 0.15) is 11.5 Å². The summed E-state index contributed by atoms with van der Waals surface area (Å²) in [5, 5.41) is 3.00. The van der Waals surface area contributed by atoms with Gasteiger partial charge in [0.15, 0.2) is 5.17 Å². The molecule has 0 radical (unpaired) electrons. The quantitative estimate of drug-likeness (QED) is 0.879. The summed E-state index contributed by atoms with van der Waals surface area (Å²) in [6.07, 6.45) is 0. The lowest BCUT2D eigenvalue weighted by atomic mass is 10.1. The van der Waals surface area contributed by atoms with Crippen LogP contribution in [0, 0.1) is 11.7 Å². The van der Waals surface area contributed by atoms with E-state index in [0.717, 1.165) is 0 Å². The average Bonchev–Trinajstić information content (AvgIpc) is 2.63. The highest BCUT2D eigenvalue weighted by Crippen LogP contribution is 2.28. The predicted octanol–water partition coefficient (Wildman–Crippen LogP) is 2.70. The maximum atomic E-state index is 13.4. The van der Waals surface area contributed by atoms with Crippen molar-refractivity contribution in [3.8, 4) is 0 Å². The molecule has 1 N–H and O–H groups in total. The third kappa shape index (κ3) is 2.66. The standard InChI is InChI=1S/C12H13FN2OS/c1-7(2)10-11(16)15-12(17-10)14-9-6-4-3-5-8(9)13/h3-7,10H,1-2H3,(H,14,15,16)/t10-/m0/s1. The Morgan fingerprint density at radius 3 is 2.71 bits per heavy atom. The van der Waals surface area contributed by atoms with E-state index < -0.39 is 0 Å². The molecular formula is C12H13FN2OS. The summed E-state index contributed by atoms with van der Waals surface area (Å²) in [6.45, 7) is 3.95. The number of benzene rings is 1. The number of aliphatic imine (C=N–C) groups is 1. The van der Waals surface area contributed by atoms with E-state index in [9.17, 15) is 9.18 Å². The Morgan fingerprint density at radius 2 is 2.12 bits per heavy atom. The zero-order valence-corrected chi connectivity index (χ0v) is 10.4. The molecule has 2 rings (SSSR count). The van der Waals surface area contributed by atoms with Crippen LogP contribution in [-0.4, -0.2) is 16.3 Å². The Kier molecular flexibility index (Phi) is 3.47. The van der Waals surface area contributed by atoms with Gasteiger partial charge in [-0.05, 0) is 18.1 Å². The molecule has 0 unspecified atom stereocenters. The second-order valence-corrected chi connectivity index (χ2v) is 5.27. The molecule has 1 aliphatic rings. The normalized spacial score (nSPS) is 22.2. The van der Waals surface area contributed by atoms with Gasteiger partial charge in [0.05, 0.1) is 5.25 Å². The van der Waals surface area contributed by atoms with Crippen LogP contribution in [0.1, 0.15) is 13.8 Å². The lowest BCUT2D eigenvalue weighted by Crippen LogP contribution is -2.27. The Bertz CT molecular complexity index is 473. The zero-order chi connectivity index (χ0) is 12.4. The maximum absolute atomic E-state index is 13.4.